The number of hydrogen-bond acceptors (Lipinski definition) is 6. The number of carbonyl (C=O) groups excluding carboxylic acids is 1. The quantitative estimate of drug-likeness (QED) is 0.842. The molecule has 1 heterocycles. The number of benzene rings is 1. The zero-order valence-electron chi connectivity index (χ0n) is 14.6. The highest BCUT2D eigenvalue weighted by Gasteiger charge is 2.34. The van der Waals surface area contributed by atoms with Crippen LogP contribution in [0.4, 0.5) is 36.3 Å². The van der Waals surface area contributed by atoms with Gasteiger partial charge in [0.15, 0.2) is 5.69 Å². The monoisotopic (exact) mass is 369 g/mol. The summed E-state index contributed by atoms with van der Waals surface area (Å²) in [6.07, 6.45) is -4.61. The summed E-state index contributed by atoms with van der Waals surface area (Å²) in [5.41, 5.74) is -0.308. The average molecular weight is 369 g/mol. The van der Waals surface area contributed by atoms with Crippen LogP contribution in [0.1, 0.15) is 12.6 Å². The fourth-order valence-electron chi connectivity index (χ4n) is 2.07. The zero-order chi connectivity index (χ0) is 19.5. The zero-order valence-corrected chi connectivity index (χ0v) is 14.6. The highest BCUT2D eigenvalue weighted by atomic mass is 19.4. The van der Waals surface area contributed by atoms with Crippen molar-refractivity contribution < 1.29 is 22.7 Å². The summed E-state index contributed by atoms with van der Waals surface area (Å²) in [7, 11) is 4.59. The standard InChI is InChI=1S/C16H18F3N5O2/c1-9(25)20-11-7-10(5-6-12(11)26-4)21-15-22-13(16(17,18)19)8-14(23-15)24(2)3/h5-8H,1-4H3,(H,20,25)(H,21,22,23). The fourth-order valence-corrected chi connectivity index (χ4v) is 2.07. The molecule has 0 bridgehead atoms. The summed E-state index contributed by atoms with van der Waals surface area (Å²) in [6, 6.07) is 5.51. The number of aromatic nitrogens is 2. The number of amides is 1. The van der Waals surface area contributed by atoms with Gasteiger partial charge in [-0.2, -0.15) is 18.2 Å². The van der Waals surface area contributed by atoms with Crippen LogP contribution in [-0.4, -0.2) is 37.1 Å². The van der Waals surface area contributed by atoms with Crippen molar-refractivity contribution in [2.45, 2.75) is 13.1 Å². The van der Waals surface area contributed by atoms with Gasteiger partial charge in [0, 0.05) is 32.8 Å². The predicted octanol–water partition coefficient (Wildman–Crippen LogP) is 3.27. The van der Waals surface area contributed by atoms with Crippen molar-refractivity contribution in [3.05, 3.63) is 30.0 Å². The highest BCUT2D eigenvalue weighted by molar-refractivity contribution is 5.91. The average Bonchev–Trinajstić information content (AvgIpc) is 2.53. The molecule has 1 amide bonds. The molecule has 0 saturated carbocycles. The van der Waals surface area contributed by atoms with Crippen LogP contribution in [0.25, 0.3) is 0 Å². The first-order chi connectivity index (χ1) is 12.1. The van der Waals surface area contributed by atoms with Crippen LogP contribution in [0.15, 0.2) is 24.3 Å². The van der Waals surface area contributed by atoms with Crippen molar-refractivity contribution in [2.75, 3.05) is 36.7 Å². The smallest absolute Gasteiger partial charge is 0.433 e. The Labute approximate surface area is 148 Å². The van der Waals surface area contributed by atoms with E-state index in [0.717, 1.165) is 6.07 Å². The number of anilines is 4. The van der Waals surface area contributed by atoms with Gasteiger partial charge in [-0.15, -0.1) is 0 Å². The topological polar surface area (TPSA) is 79.4 Å². The molecule has 0 aliphatic heterocycles. The summed E-state index contributed by atoms with van der Waals surface area (Å²) >= 11 is 0. The normalized spacial score (nSPS) is 11.0. The van der Waals surface area contributed by atoms with E-state index in [1.165, 1.54) is 25.0 Å². The third kappa shape index (κ3) is 4.74. The number of ether oxygens (including phenoxy) is 1. The molecule has 0 unspecified atom stereocenters. The van der Waals surface area contributed by atoms with Crippen molar-refractivity contribution in [1.29, 1.82) is 0 Å². The van der Waals surface area contributed by atoms with E-state index < -0.39 is 11.9 Å². The maximum Gasteiger partial charge on any atom is 0.433 e. The minimum atomic E-state index is -4.61. The summed E-state index contributed by atoms with van der Waals surface area (Å²) in [5.74, 6) is -0.0248. The summed E-state index contributed by atoms with van der Waals surface area (Å²) in [6.45, 7) is 1.33. The molecule has 0 atom stereocenters. The Morgan fingerprint density at radius 1 is 1.19 bits per heavy atom. The molecular weight excluding hydrogens is 351 g/mol. The number of halogens is 3. The minimum absolute atomic E-state index is 0.102. The Bertz CT molecular complexity index is 809. The number of carbonyl (C=O) groups is 1. The summed E-state index contributed by atoms with van der Waals surface area (Å²) in [4.78, 5) is 20.3. The van der Waals surface area contributed by atoms with E-state index in [-0.39, 0.29) is 17.7 Å². The molecule has 140 valence electrons. The molecule has 0 radical (unpaired) electrons. The van der Waals surface area contributed by atoms with E-state index in [9.17, 15) is 18.0 Å². The van der Waals surface area contributed by atoms with Crippen LogP contribution in [0.5, 0.6) is 5.75 Å². The molecule has 0 aliphatic rings. The molecule has 0 saturated heterocycles. The molecule has 1 aromatic heterocycles. The van der Waals surface area contributed by atoms with Gasteiger partial charge in [-0.25, -0.2) is 4.98 Å². The number of hydrogen-bond donors (Lipinski definition) is 2. The van der Waals surface area contributed by atoms with Crippen LogP contribution < -0.4 is 20.3 Å². The van der Waals surface area contributed by atoms with Gasteiger partial charge in [0.25, 0.3) is 0 Å². The second-order valence-corrected chi connectivity index (χ2v) is 5.55. The van der Waals surface area contributed by atoms with Gasteiger partial charge in [-0.05, 0) is 18.2 Å². The highest BCUT2D eigenvalue weighted by Crippen LogP contribution is 2.32. The van der Waals surface area contributed by atoms with Crippen LogP contribution >= 0.6 is 0 Å². The van der Waals surface area contributed by atoms with Gasteiger partial charge in [0.1, 0.15) is 11.6 Å². The fraction of sp³-hybridized carbons (Fsp3) is 0.312. The van der Waals surface area contributed by atoms with E-state index >= 15 is 0 Å². The van der Waals surface area contributed by atoms with E-state index in [4.69, 9.17) is 4.74 Å². The van der Waals surface area contributed by atoms with E-state index in [2.05, 4.69) is 20.6 Å². The lowest BCUT2D eigenvalue weighted by molar-refractivity contribution is -0.141. The lowest BCUT2D eigenvalue weighted by Gasteiger charge is -2.16. The Morgan fingerprint density at radius 3 is 2.42 bits per heavy atom. The molecule has 2 rings (SSSR count). The molecule has 0 spiro atoms. The van der Waals surface area contributed by atoms with Crippen LogP contribution in [0.2, 0.25) is 0 Å². The molecule has 1 aromatic carbocycles. The molecule has 10 heteroatoms. The molecule has 7 nitrogen and oxygen atoms in total. The predicted molar refractivity (Wildman–Crippen MR) is 91.9 cm³/mol. The van der Waals surface area contributed by atoms with Crippen molar-refractivity contribution >= 4 is 29.0 Å². The molecular formula is C16H18F3N5O2. The summed E-state index contributed by atoms with van der Waals surface area (Å²) < 4.78 is 44.3. The first-order valence-corrected chi connectivity index (χ1v) is 7.46. The number of rotatable bonds is 5. The van der Waals surface area contributed by atoms with E-state index in [1.54, 1.807) is 26.2 Å². The number of methoxy groups -OCH3 is 1. The molecule has 2 N–H and O–H groups in total. The number of alkyl halides is 3. The van der Waals surface area contributed by atoms with Gasteiger partial charge in [-0.1, -0.05) is 0 Å². The maximum absolute atomic E-state index is 13.1. The number of nitrogens with one attached hydrogen (secondary N) is 2. The first-order valence-electron chi connectivity index (χ1n) is 7.46. The molecule has 26 heavy (non-hydrogen) atoms. The Morgan fingerprint density at radius 2 is 1.88 bits per heavy atom. The second kappa shape index (κ2) is 7.46. The Kier molecular flexibility index (Phi) is 5.53. The SMILES string of the molecule is COc1ccc(Nc2nc(N(C)C)cc(C(F)(F)F)n2)cc1NC(C)=O. The van der Waals surface area contributed by atoms with Crippen molar-refractivity contribution in [3.8, 4) is 5.75 Å². The van der Waals surface area contributed by atoms with Gasteiger partial charge in [0.2, 0.25) is 11.9 Å². The van der Waals surface area contributed by atoms with Gasteiger partial charge < -0.3 is 20.3 Å². The lowest BCUT2D eigenvalue weighted by Crippen LogP contribution is -2.16. The largest absolute Gasteiger partial charge is 0.495 e. The first kappa shape index (κ1) is 19.3. The molecule has 2 aromatic rings. The second-order valence-electron chi connectivity index (χ2n) is 5.55. The van der Waals surface area contributed by atoms with Crippen LogP contribution in [0.3, 0.4) is 0 Å². The van der Waals surface area contributed by atoms with E-state index in [1.807, 2.05) is 0 Å². The van der Waals surface area contributed by atoms with Gasteiger partial charge in [-0.3, -0.25) is 4.79 Å². The molecule has 0 aliphatic carbocycles. The molecule has 0 fully saturated rings. The Hall–Kier alpha value is -3.04. The van der Waals surface area contributed by atoms with Crippen molar-refractivity contribution in [3.63, 3.8) is 0 Å². The van der Waals surface area contributed by atoms with Gasteiger partial charge >= 0.3 is 6.18 Å². The van der Waals surface area contributed by atoms with Crippen molar-refractivity contribution in [1.82, 2.24) is 9.97 Å². The van der Waals surface area contributed by atoms with Crippen LogP contribution in [-0.2, 0) is 11.0 Å². The lowest BCUT2D eigenvalue weighted by atomic mass is 10.2. The number of nitrogens with zero attached hydrogens (tertiary/aromatic N) is 3. The maximum atomic E-state index is 13.1. The third-order valence-corrected chi connectivity index (χ3v) is 3.23. The van der Waals surface area contributed by atoms with Crippen molar-refractivity contribution in [2.24, 2.45) is 0 Å². The van der Waals surface area contributed by atoms with Gasteiger partial charge in [0.05, 0.1) is 12.8 Å². The third-order valence-electron chi connectivity index (χ3n) is 3.23. The minimum Gasteiger partial charge on any atom is -0.495 e. The van der Waals surface area contributed by atoms with E-state index in [0.29, 0.717) is 17.1 Å². The Balaban J connectivity index is 2.41. The van der Waals surface area contributed by atoms with Crippen LogP contribution in [0, 0.1) is 0 Å². The summed E-state index contributed by atoms with van der Waals surface area (Å²) in [5, 5.41) is 5.30.